The van der Waals surface area contributed by atoms with Gasteiger partial charge in [-0.05, 0) is 42.9 Å². The molecule has 24 heavy (non-hydrogen) atoms. The molecular weight excluding hydrogens is 344 g/mol. The second kappa shape index (κ2) is 6.55. The minimum atomic E-state index is -3.07. The van der Waals surface area contributed by atoms with Crippen LogP contribution in [0.1, 0.15) is 23.2 Å². The van der Waals surface area contributed by atoms with E-state index in [4.69, 9.17) is 11.6 Å². The van der Waals surface area contributed by atoms with Gasteiger partial charge in [0.1, 0.15) is 5.75 Å². The number of carboxylic acids is 1. The molecule has 1 saturated heterocycles. The Balaban J connectivity index is 1.84. The summed E-state index contributed by atoms with van der Waals surface area (Å²) >= 11 is 5.86. The van der Waals surface area contributed by atoms with Gasteiger partial charge in [0.15, 0.2) is 0 Å². The number of halogens is 3. The fraction of sp³-hybridized carbons (Fsp3) is 0.500. The lowest BCUT2D eigenvalue weighted by molar-refractivity contribution is -0.142. The quantitative estimate of drug-likeness (QED) is 0.877. The number of ether oxygens (including phenoxy) is 1. The van der Waals surface area contributed by atoms with Gasteiger partial charge in [-0.2, -0.15) is 8.78 Å². The predicted molar refractivity (Wildman–Crippen MR) is 81.3 cm³/mol. The molecule has 0 unspecified atom stereocenters. The molecule has 1 heterocycles. The first-order chi connectivity index (χ1) is 11.4. The van der Waals surface area contributed by atoms with E-state index in [2.05, 4.69) is 4.74 Å². The molecule has 130 valence electrons. The van der Waals surface area contributed by atoms with Crippen LogP contribution < -0.4 is 4.74 Å². The zero-order valence-corrected chi connectivity index (χ0v) is 13.4. The fourth-order valence-corrected chi connectivity index (χ4v) is 3.47. The summed E-state index contributed by atoms with van der Waals surface area (Å²) in [6, 6.07) is 3.83. The van der Waals surface area contributed by atoms with E-state index in [0.717, 1.165) is 12.8 Å². The van der Waals surface area contributed by atoms with Gasteiger partial charge >= 0.3 is 12.6 Å². The Hall–Kier alpha value is -1.89. The molecule has 1 aromatic carbocycles. The van der Waals surface area contributed by atoms with Gasteiger partial charge in [-0.1, -0.05) is 11.6 Å². The highest BCUT2D eigenvalue weighted by molar-refractivity contribution is 6.31. The van der Waals surface area contributed by atoms with Gasteiger partial charge in [0.25, 0.3) is 5.91 Å². The minimum Gasteiger partial charge on any atom is -0.481 e. The van der Waals surface area contributed by atoms with E-state index in [9.17, 15) is 23.5 Å². The lowest BCUT2D eigenvalue weighted by Crippen LogP contribution is -2.30. The average molecular weight is 360 g/mol. The Morgan fingerprint density at radius 3 is 2.58 bits per heavy atom. The summed E-state index contributed by atoms with van der Waals surface area (Å²) in [5.74, 6) is -2.13. The van der Waals surface area contributed by atoms with Crippen molar-refractivity contribution in [2.75, 3.05) is 13.1 Å². The minimum absolute atomic E-state index is 0.0654. The van der Waals surface area contributed by atoms with Gasteiger partial charge in [0.2, 0.25) is 0 Å². The summed E-state index contributed by atoms with van der Waals surface area (Å²) in [6.07, 6.45) is 1.93. The van der Waals surface area contributed by atoms with E-state index in [-0.39, 0.29) is 28.8 Å². The maximum atomic E-state index is 12.7. The van der Waals surface area contributed by atoms with Crippen molar-refractivity contribution < 1.29 is 28.2 Å². The van der Waals surface area contributed by atoms with Crippen LogP contribution in [0.5, 0.6) is 5.75 Å². The Kier molecular flexibility index (Phi) is 4.62. The number of carbonyl (C=O) groups is 2. The van der Waals surface area contributed by atoms with E-state index in [1.54, 1.807) is 0 Å². The zero-order chi connectivity index (χ0) is 17.4. The molecule has 0 radical (unpaired) electrons. The third-order valence-corrected chi connectivity index (χ3v) is 4.82. The third kappa shape index (κ3) is 3.45. The fourth-order valence-electron chi connectivity index (χ4n) is 3.30. The van der Waals surface area contributed by atoms with Gasteiger partial charge in [-0.15, -0.1) is 0 Å². The van der Waals surface area contributed by atoms with Crippen molar-refractivity contribution in [1.82, 2.24) is 4.90 Å². The topological polar surface area (TPSA) is 66.8 Å². The number of amides is 1. The van der Waals surface area contributed by atoms with Crippen LogP contribution in [0, 0.1) is 17.8 Å². The number of carbonyl (C=O) groups excluding carboxylic acids is 1. The zero-order valence-electron chi connectivity index (χ0n) is 12.6. The summed E-state index contributed by atoms with van der Waals surface area (Å²) in [5, 5.41) is 9.58. The molecular formula is C16H16ClF2NO4. The number of carboxylic acid groups (broad SMARTS) is 1. The molecule has 5 nitrogen and oxygen atoms in total. The standard InChI is InChI=1S/C16H16ClF2NO4/c17-9-3-4-13(24-16(18)19)10(5-9)14(21)20-6-11(8-1-2-8)12(7-20)15(22)23/h3-5,8,11-12,16H,1-2,6-7H2,(H,22,23)/t11-,12+/m1/s1. The van der Waals surface area contributed by atoms with Crippen LogP contribution in [0.3, 0.4) is 0 Å². The van der Waals surface area contributed by atoms with Crippen LogP contribution in [0.15, 0.2) is 18.2 Å². The number of rotatable bonds is 5. The highest BCUT2D eigenvalue weighted by Crippen LogP contribution is 2.44. The van der Waals surface area contributed by atoms with Gasteiger partial charge in [-0.3, -0.25) is 9.59 Å². The normalized spacial score (nSPS) is 23.6. The molecule has 1 aliphatic carbocycles. The van der Waals surface area contributed by atoms with Crippen molar-refractivity contribution in [2.24, 2.45) is 17.8 Å². The van der Waals surface area contributed by atoms with Crippen LogP contribution in [-0.2, 0) is 4.79 Å². The predicted octanol–water partition coefficient (Wildman–Crippen LogP) is 3.12. The SMILES string of the molecule is O=C(O)[C@H]1CN(C(=O)c2cc(Cl)ccc2OC(F)F)C[C@@H]1C1CC1. The molecule has 1 amide bonds. The van der Waals surface area contributed by atoms with Gasteiger partial charge in [0.05, 0.1) is 11.5 Å². The maximum absolute atomic E-state index is 12.7. The van der Waals surface area contributed by atoms with Crippen LogP contribution in [-0.4, -0.2) is 41.6 Å². The van der Waals surface area contributed by atoms with Gasteiger partial charge in [-0.25, -0.2) is 0 Å². The molecule has 0 spiro atoms. The number of likely N-dealkylation sites (tertiary alicyclic amines) is 1. The monoisotopic (exact) mass is 359 g/mol. The van der Waals surface area contributed by atoms with Crippen LogP contribution in [0.4, 0.5) is 8.78 Å². The van der Waals surface area contributed by atoms with Crippen LogP contribution in [0.25, 0.3) is 0 Å². The summed E-state index contributed by atoms with van der Waals surface area (Å²) in [4.78, 5) is 25.5. The Morgan fingerprint density at radius 2 is 2.00 bits per heavy atom. The highest BCUT2D eigenvalue weighted by atomic mass is 35.5. The van der Waals surface area contributed by atoms with Gasteiger partial charge in [0, 0.05) is 18.1 Å². The van der Waals surface area contributed by atoms with E-state index in [1.165, 1.54) is 23.1 Å². The highest BCUT2D eigenvalue weighted by Gasteiger charge is 2.47. The summed E-state index contributed by atoms with van der Waals surface area (Å²) in [6.45, 7) is -2.70. The molecule has 1 saturated carbocycles. The number of hydrogen-bond donors (Lipinski definition) is 1. The molecule has 2 aliphatic rings. The first-order valence-electron chi connectivity index (χ1n) is 7.63. The molecule has 2 fully saturated rings. The molecule has 8 heteroatoms. The number of nitrogens with zero attached hydrogens (tertiary/aromatic N) is 1. The lowest BCUT2D eigenvalue weighted by Gasteiger charge is -2.18. The van der Waals surface area contributed by atoms with Crippen molar-refractivity contribution in [3.05, 3.63) is 28.8 Å². The second-order valence-electron chi connectivity index (χ2n) is 6.18. The molecule has 3 rings (SSSR count). The first-order valence-corrected chi connectivity index (χ1v) is 8.01. The summed E-state index contributed by atoms with van der Waals surface area (Å²) < 4.78 is 29.4. The van der Waals surface area contributed by atoms with Crippen molar-refractivity contribution in [2.45, 2.75) is 19.5 Å². The van der Waals surface area contributed by atoms with E-state index in [0.29, 0.717) is 12.5 Å². The van der Waals surface area contributed by atoms with Crippen LogP contribution in [0.2, 0.25) is 5.02 Å². The summed E-state index contributed by atoms with van der Waals surface area (Å²) in [5.41, 5.74) is -0.0802. The molecule has 2 atom stereocenters. The Labute approximate surface area is 142 Å². The molecule has 1 aliphatic heterocycles. The average Bonchev–Trinajstić information content (AvgIpc) is 3.26. The Bertz CT molecular complexity index is 665. The van der Waals surface area contributed by atoms with Crippen molar-refractivity contribution in [1.29, 1.82) is 0 Å². The number of hydrogen-bond acceptors (Lipinski definition) is 3. The van der Waals surface area contributed by atoms with E-state index < -0.39 is 24.4 Å². The number of benzene rings is 1. The van der Waals surface area contributed by atoms with Crippen molar-refractivity contribution >= 4 is 23.5 Å². The largest absolute Gasteiger partial charge is 0.481 e. The Morgan fingerprint density at radius 1 is 1.29 bits per heavy atom. The molecule has 1 N–H and O–H groups in total. The second-order valence-corrected chi connectivity index (χ2v) is 6.61. The lowest BCUT2D eigenvalue weighted by atomic mass is 9.92. The molecule has 1 aromatic rings. The summed E-state index contributed by atoms with van der Waals surface area (Å²) in [7, 11) is 0. The van der Waals surface area contributed by atoms with Crippen LogP contribution >= 0.6 is 11.6 Å². The van der Waals surface area contributed by atoms with E-state index in [1.807, 2.05) is 0 Å². The third-order valence-electron chi connectivity index (χ3n) is 4.59. The van der Waals surface area contributed by atoms with Crippen molar-refractivity contribution in [3.63, 3.8) is 0 Å². The molecule has 0 bridgehead atoms. The molecule has 0 aromatic heterocycles. The van der Waals surface area contributed by atoms with Crippen molar-refractivity contribution in [3.8, 4) is 5.75 Å². The first kappa shape index (κ1) is 17.0. The smallest absolute Gasteiger partial charge is 0.387 e. The maximum Gasteiger partial charge on any atom is 0.387 e. The number of aliphatic carboxylic acids is 1. The number of alkyl halides is 2. The van der Waals surface area contributed by atoms with Gasteiger partial charge < -0.3 is 14.7 Å². The van der Waals surface area contributed by atoms with E-state index >= 15 is 0 Å².